The molecule has 6 heteroatoms. The van der Waals surface area contributed by atoms with E-state index < -0.39 is 0 Å². The molecule has 0 unspecified atom stereocenters. The number of fused-ring (bicyclic) bond motifs is 2. The minimum absolute atomic E-state index is 0.189. The van der Waals surface area contributed by atoms with Crippen molar-refractivity contribution in [2.45, 2.75) is 19.9 Å². The van der Waals surface area contributed by atoms with Gasteiger partial charge in [-0.25, -0.2) is 4.98 Å². The number of carbonyl (C=O) groups excluding carboxylic acids is 1. The van der Waals surface area contributed by atoms with Crippen molar-refractivity contribution in [3.05, 3.63) is 59.6 Å². The number of furan rings is 1. The maximum Gasteiger partial charge on any atom is 0.253 e. The lowest BCUT2D eigenvalue weighted by Crippen LogP contribution is -2.26. The summed E-state index contributed by atoms with van der Waals surface area (Å²) in [5, 5.41) is 9.20. The van der Waals surface area contributed by atoms with Gasteiger partial charge in [-0.1, -0.05) is 18.2 Å². The number of benzene rings is 1. The van der Waals surface area contributed by atoms with Crippen LogP contribution in [-0.4, -0.2) is 20.7 Å². The minimum atomic E-state index is -0.245. The van der Waals surface area contributed by atoms with Crippen molar-refractivity contribution in [3.63, 3.8) is 0 Å². The Balaban J connectivity index is 1.59. The monoisotopic (exact) mass is 334 g/mol. The number of pyridine rings is 1. The van der Waals surface area contributed by atoms with Crippen LogP contribution in [0.2, 0.25) is 0 Å². The van der Waals surface area contributed by atoms with E-state index in [1.807, 2.05) is 57.3 Å². The van der Waals surface area contributed by atoms with E-state index in [1.165, 1.54) is 0 Å². The lowest BCUT2D eigenvalue weighted by atomic mass is 10.1. The highest BCUT2D eigenvalue weighted by Crippen LogP contribution is 2.24. The SMILES string of the molecule is Cc1nn(C)c2ncc(C(=O)N[C@@H](C)c3cc4ccccc4o3)cc12. The van der Waals surface area contributed by atoms with Crippen molar-refractivity contribution in [1.82, 2.24) is 20.1 Å². The number of amides is 1. The van der Waals surface area contributed by atoms with Crippen LogP contribution >= 0.6 is 0 Å². The van der Waals surface area contributed by atoms with E-state index in [0.717, 1.165) is 33.5 Å². The fourth-order valence-corrected chi connectivity index (χ4v) is 3.00. The topological polar surface area (TPSA) is 73.0 Å². The van der Waals surface area contributed by atoms with Crippen molar-refractivity contribution in [3.8, 4) is 0 Å². The highest BCUT2D eigenvalue weighted by molar-refractivity contribution is 5.97. The van der Waals surface area contributed by atoms with Gasteiger partial charge in [-0.15, -0.1) is 0 Å². The Labute approximate surface area is 144 Å². The Morgan fingerprint density at radius 1 is 1.28 bits per heavy atom. The van der Waals surface area contributed by atoms with Gasteiger partial charge in [0.15, 0.2) is 5.65 Å². The first-order valence-electron chi connectivity index (χ1n) is 8.11. The van der Waals surface area contributed by atoms with E-state index in [2.05, 4.69) is 15.4 Å². The molecular weight excluding hydrogens is 316 g/mol. The Kier molecular flexibility index (Phi) is 3.53. The fraction of sp³-hybridized carbons (Fsp3) is 0.211. The summed E-state index contributed by atoms with van der Waals surface area (Å²) in [5.41, 5.74) is 2.93. The van der Waals surface area contributed by atoms with E-state index in [4.69, 9.17) is 4.42 Å². The van der Waals surface area contributed by atoms with E-state index in [-0.39, 0.29) is 11.9 Å². The number of carbonyl (C=O) groups is 1. The van der Waals surface area contributed by atoms with Crippen molar-refractivity contribution < 1.29 is 9.21 Å². The molecule has 0 saturated heterocycles. The molecule has 3 aromatic heterocycles. The largest absolute Gasteiger partial charge is 0.459 e. The van der Waals surface area contributed by atoms with Crippen LogP contribution in [0.3, 0.4) is 0 Å². The van der Waals surface area contributed by atoms with E-state index in [1.54, 1.807) is 10.9 Å². The second kappa shape index (κ2) is 5.73. The van der Waals surface area contributed by atoms with Crippen molar-refractivity contribution in [2.24, 2.45) is 7.05 Å². The standard InChI is InChI=1S/C19H18N4O2/c1-11-15-8-14(10-20-18(15)23(3)22-11)19(24)21-12(2)17-9-13-6-4-5-7-16(13)25-17/h4-10,12H,1-3H3,(H,21,24)/t12-/m0/s1. The summed E-state index contributed by atoms with van der Waals surface area (Å²) >= 11 is 0. The second-order valence-electron chi connectivity index (χ2n) is 6.19. The van der Waals surface area contributed by atoms with Gasteiger partial charge >= 0.3 is 0 Å². The quantitative estimate of drug-likeness (QED) is 0.622. The van der Waals surface area contributed by atoms with E-state index in [9.17, 15) is 4.79 Å². The minimum Gasteiger partial charge on any atom is -0.459 e. The maximum atomic E-state index is 12.6. The van der Waals surface area contributed by atoms with Crippen LogP contribution in [0.15, 0.2) is 47.0 Å². The number of nitrogens with zero attached hydrogens (tertiary/aromatic N) is 3. The van der Waals surface area contributed by atoms with Gasteiger partial charge in [0.25, 0.3) is 5.91 Å². The molecule has 1 aromatic carbocycles. The molecule has 0 bridgehead atoms. The lowest BCUT2D eigenvalue weighted by Gasteiger charge is -2.11. The van der Waals surface area contributed by atoms with Crippen LogP contribution in [0.4, 0.5) is 0 Å². The van der Waals surface area contributed by atoms with Gasteiger partial charge in [-0.3, -0.25) is 9.48 Å². The molecule has 0 aliphatic heterocycles. The lowest BCUT2D eigenvalue weighted by molar-refractivity contribution is 0.0935. The molecule has 0 spiro atoms. The average molecular weight is 334 g/mol. The molecule has 0 aliphatic rings. The molecule has 0 aliphatic carbocycles. The Hall–Kier alpha value is -3.15. The first kappa shape index (κ1) is 15.4. The summed E-state index contributed by atoms with van der Waals surface area (Å²) in [7, 11) is 1.84. The van der Waals surface area contributed by atoms with Gasteiger partial charge in [-0.05, 0) is 32.0 Å². The first-order valence-corrected chi connectivity index (χ1v) is 8.11. The summed E-state index contributed by atoms with van der Waals surface area (Å²) in [6.07, 6.45) is 1.57. The third kappa shape index (κ3) is 2.65. The molecule has 1 N–H and O–H groups in total. The maximum absolute atomic E-state index is 12.6. The van der Waals surface area contributed by atoms with Crippen molar-refractivity contribution in [1.29, 1.82) is 0 Å². The molecule has 4 aromatic rings. The number of aromatic nitrogens is 3. The molecule has 25 heavy (non-hydrogen) atoms. The summed E-state index contributed by atoms with van der Waals surface area (Å²) in [5.74, 6) is 0.534. The summed E-state index contributed by atoms with van der Waals surface area (Å²) in [6.45, 7) is 3.81. The van der Waals surface area contributed by atoms with Crippen LogP contribution in [-0.2, 0) is 7.05 Å². The third-order valence-corrected chi connectivity index (χ3v) is 4.34. The first-order chi connectivity index (χ1) is 12.0. The highest BCUT2D eigenvalue weighted by Gasteiger charge is 2.17. The molecule has 0 fully saturated rings. The zero-order valence-corrected chi connectivity index (χ0v) is 14.3. The number of rotatable bonds is 3. The number of hydrogen-bond acceptors (Lipinski definition) is 4. The number of hydrogen-bond donors (Lipinski definition) is 1. The molecule has 1 amide bonds. The summed E-state index contributed by atoms with van der Waals surface area (Å²) in [6, 6.07) is 11.3. The van der Waals surface area contributed by atoms with E-state index in [0.29, 0.717) is 5.56 Å². The number of nitrogens with one attached hydrogen (secondary N) is 1. The molecule has 1 atom stereocenters. The third-order valence-electron chi connectivity index (χ3n) is 4.34. The molecule has 0 saturated carbocycles. The molecule has 4 rings (SSSR count). The molecule has 0 radical (unpaired) electrons. The van der Waals surface area contributed by atoms with Crippen LogP contribution in [0, 0.1) is 6.92 Å². The van der Waals surface area contributed by atoms with Crippen molar-refractivity contribution >= 4 is 27.9 Å². The smallest absolute Gasteiger partial charge is 0.253 e. The molecular formula is C19H18N4O2. The van der Waals surface area contributed by atoms with Gasteiger partial charge < -0.3 is 9.73 Å². The van der Waals surface area contributed by atoms with Crippen LogP contribution in [0.5, 0.6) is 0 Å². The van der Waals surface area contributed by atoms with Crippen LogP contribution in [0.25, 0.3) is 22.0 Å². The molecule has 3 heterocycles. The van der Waals surface area contributed by atoms with Gasteiger partial charge in [0, 0.05) is 24.0 Å². The zero-order chi connectivity index (χ0) is 17.6. The zero-order valence-electron chi connectivity index (χ0n) is 14.3. The Morgan fingerprint density at radius 2 is 2.08 bits per heavy atom. The van der Waals surface area contributed by atoms with Gasteiger partial charge in [0.2, 0.25) is 0 Å². The highest BCUT2D eigenvalue weighted by atomic mass is 16.3. The predicted octanol–water partition coefficient (Wildman–Crippen LogP) is 3.51. The van der Waals surface area contributed by atoms with Gasteiger partial charge in [0.05, 0.1) is 17.3 Å². The summed E-state index contributed by atoms with van der Waals surface area (Å²) in [4.78, 5) is 16.9. The summed E-state index contributed by atoms with van der Waals surface area (Å²) < 4.78 is 7.53. The number of para-hydroxylation sites is 1. The fourth-order valence-electron chi connectivity index (χ4n) is 3.00. The van der Waals surface area contributed by atoms with Crippen molar-refractivity contribution in [2.75, 3.05) is 0 Å². The van der Waals surface area contributed by atoms with Crippen LogP contribution in [0.1, 0.15) is 34.8 Å². The van der Waals surface area contributed by atoms with Crippen LogP contribution < -0.4 is 5.32 Å². The van der Waals surface area contributed by atoms with Gasteiger partial charge in [0.1, 0.15) is 11.3 Å². The average Bonchev–Trinajstić information content (AvgIpc) is 3.16. The predicted molar refractivity (Wildman–Crippen MR) is 95.3 cm³/mol. The van der Waals surface area contributed by atoms with E-state index >= 15 is 0 Å². The normalized spacial score (nSPS) is 12.6. The second-order valence-corrected chi connectivity index (χ2v) is 6.19. The molecule has 126 valence electrons. The van der Waals surface area contributed by atoms with Gasteiger partial charge in [-0.2, -0.15) is 5.10 Å². The molecule has 6 nitrogen and oxygen atoms in total. The number of aryl methyl sites for hydroxylation is 2. The Morgan fingerprint density at radius 3 is 2.88 bits per heavy atom. The Bertz CT molecular complexity index is 1060.